The van der Waals surface area contributed by atoms with Gasteiger partial charge in [0.1, 0.15) is 0 Å². The number of carbonyl (C=O) groups is 1. The van der Waals surface area contributed by atoms with Crippen LogP contribution >= 0.6 is 11.3 Å². The zero-order valence-electron chi connectivity index (χ0n) is 11.5. The Morgan fingerprint density at radius 3 is 2.89 bits per heavy atom. The fourth-order valence-electron chi connectivity index (χ4n) is 2.63. The lowest BCUT2D eigenvalue weighted by atomic mass is 10.0. The van der Waals surface area contributed by atoms with Crippen LogP contribution in [0.2, 0.25) is 0 Å². The molecule has 4 heteroatoms. The molecule has 0 radical (unpaired) electrons. The van der Waals surface area contributed by atoms with Gasteiger partial charge >= 0.3 is 0 Å². The SMILES string of the molecule is CCN(CC)C(=O)CN1CCc2sccc2[C@H]1C. The maximum Gasteiger partial charge on any atom is 0.236 e. The van der Waals surface area contributed by atoms with Crippen molar-refractivity contribution in [3.8, 4) is 0 Å². The van der Waals surface area contributed by atoms with E-state index < -0.39 is 0 Å². The summed E-state index contributed by atoms with van der Waals surface area (Å²) in [5.41, 5.74) is 1.42. The van der Waals surface area contributed by atoms with Crippen LogP contribution in [0.1, 0.15) is 37.3 Å². The lowest BCUT2D eigenvalue weighted by molar-refractivity contribution is -0.132. The van der Waals surface area contributed by atoms with Gasteiger partial charge in [0.15, 0.2) is 0 Å². The third kappa shape index (κ3) is 2.59. The molecule has 1 aliphatic heterocycles. The minimum atomic E-state index is 0.255. The standard InChI is InChI=1S/C14H22N2OS/c1-4-15(5-2)14(17)10-16-8-6-13-12(11(16)3)7-9-18-13/h7,9,11H,4-6,8,10H2,1-3H3/t11-/m1/s1. The van der Waals surface area contributed by atoms with Crippen molar-refractivity contribution in [2.75, 3.05) is 26.2 Å². The number of hydrogen-bond donors (Lipinski definition) is 0. The van der Waals surface area contributed by atoms with E-state index >= 15 is 0 Å². The fraction of sp³-hybridized carbons (Fsp3) is 0.643. The average molecular weight is 266 g/mol. The van der Waals surface area contributed by atoms with Gasteiger partial charge in [0.2, 0.25) is 5.91 Å². The lowest BCUT2D eigenvalue weighted by Gasteiger charge is -2.34. The summed E-state index contributed by atoms with van der Waals surface area (Å²) in [6, 6.07) is 2.58. The van der Waals surface area contributed by atoms with E-state index in [2.05, 4.69) is 23.3 Å². The molecule has 0 bridgehead atoms. The molecule has 0 saturated heterocycles. The first kappa shape index (κ1) is 13.6. The normalized spacial score (nSPS) is 19.6. The molecule has 1 atom stereocenters. The number of likely N-dealkylation sites (N-methyl/N-ethyl adjacent to an activating group) is 1. The van der Waals surface area contributed by atoms with Gasteiger partial charge in [-0.05, 0) is 44.2 Å². The molecule has 3 nitrogen and oxygen atoms in total. The van der Waals surface area contributed by atoms with Crippen LogP contribution in [-0.4, -0.2) is 41.9 Å². The Hall–Kier alpha value is -0.870. The van der Waals surface area contributed by atoms with E-state index in [4.69, 9.17) is 0 Å². The topological polar surface area (TPSA) is 23.6 Å². The van der Waals surface area contributed by atoms with Gasteiger partial charge in [0.25, 0.3) is 0 Å². The van der Waals surface area contributed by atoms with E-state index in [0.29, 0.717) is 12.6 Å². The van der Waals surface area contributed by atoms with E-state index in [1.54, 1.807) is 0 Å². The van der Waals surface area contributed by atoms with Gasteiger partial charge in [0.05, 0.1) is 6.54 Å². The van der Waals surface area contributed by atoms with E-state index in [0.717, 1.165) is 26.1 Å². The number of fused-ring (bicyclic) bond motifs is 1. The Morgan fingerprint density at radius 1 is 1.50 bits per heavy atom. The Kier molecular flexibility index (Phi) is 4.40. The minimum absolute atomic E-state index is 0.255. The summed E-state index contributed by atoms with van der Waals surface area (Å²) in [4.78, 5) is 17.9. The van der Waals surface area contributed by atoms with Gasteiger partial charge < -0.3 is 4.90 Å². The van der Waals surface area contributed by atoms with Gasteiger partial charge in [-0.3, -0.25) is 9.69 Å². The highest BCUT2D eigenvalue weighted by atomic mass is 32.1. The molecular formula is C14H22N2OS. The molecule has 0 fully saturated rings. The molecule has 0 saturated carbocycles. The smallest absolute Gasteiger partial charge is 0.236 e. The zero-order chi connectivity index (χ0) is 13.1. The van der Waals surface area contributed by atoms with Crippen molar-refractivity contribution in [2.24, 2.45) is 0 Å². The van der Waals surface area contributed by atoms with Crippen molar-refractivity contribution in [1.82, 2.24) is 9.80 Å². The Labute approximate surface area is 113 Å². The van der Waals surface area contributed by atoms with Crippen molar-refractivity contribution >= 4 is 17.2 Å². The van der Waals surface area contributed by atoms with Gasteiger partial charge in [0, 0.05) is 30.6 Å². The number of hydrogen-bond acceptors (Lipinski definition) is 3. The molecule has 0 unspecified atom stereocenters. The molecule has 0 N–H and O–H groups in total. The highest BCUT2D eigenvalue weighted by Crippen LogP contribution is 2.32. The lowest BCUT2D eigenvalue weighted by Crippen LogP contribution is -2.43. The third-order valence-corrected chi connectivity index (χ3v) is 4.85. The minimum Gasteiger partial charge on any atom is -0.342 e. The first-order valence-electron chi connectivity index (χ1n) is 6.75. The number of rotatable bonds is 4. The summed E-state index contributed by atoms with van der Waals surface area (Å²) in [6.45, 7) is 9.46. The van der Waals surface area contributed by atoms with Gasteiger partial charge in [-0.2, -0.15) is 0 Å². The number of nitrogens with zero attached hydrogens (tertiary/aromatic N) is 2. The molecule has 2 rings (SSSR count). The quantitative estimate of drug-likeness (QED) is 0.836. The van der Waals surface area contributed by atoms with Gasteiger partial charge in [-0.25, -0.2) is 0 Å². The summed E-state index contributed by atoms with van der Waals surface area (Å²) in [5.74, 6) is 0.255. The molecule has 1 aliphatic rings. The summed E-state index contributed by atoms with van der Waals surface area (Å²) in [5, 5.41) is 2.16. The molecular weight excluding hydrogens is 244 g/mol. The maximum absolute atomic E-state index is 12.2. The summed E-state index contributed by atoms with van der Waals surface area (Å²) >= 11 is 1.84. The van der Waals surface area contributed by atoms with E-state index in [1.807, 2.05) is 30.1 Å². The van der Waals surface area contributed by atoms with Crippen LogP contribution in [-0.2, 0) is 11.2 Å². The summed E-state index contributed by atoms with van der Waals surface area (Å²) in [6.07, 6.45) is 1.09. The molecule has 2 heterocycles. The van der Waals surface area contributed by atoms with Crippen molar-refractivity contribution in [3.63, 3.8) is 0 Å². The highest BCUT2D eigenvalue weighted by molar-refractivity contribution is 7.10. The van der Waals surface area contributed by atoms with Crippen molar-refractivity contribution < 1.29 is 4.79 Å². The Bertz CT molecular complexity index is 412. The van der Waals surface area contributed by atoms with Crippen LogP contribution < -0.4 is 0 Å². The second-order valence-corrected chi connectivity index (χ2v) is 5.76. The third-order valence-electron chi connectivity index (χ3n) is 3.86. The molecule has 0 aliphatic carbocycles. The molecule has 18 heavy (non-hydrogen) atoms. The van der Waals surface area contributed by atoms with Crippen LogP contribution in [0.25, 0.3) is 0 Å². The van der Waals surface area contributed by atoms with Crippen molar-refractivity contribution in [2.45, 2.75) is 33.2 Å². The molecule has 0 spiro atoms. The Morgan fingerprint density at radius 2 is 2.22 bits per heavy atom. The second kappa shape index (κ2) is 5.85. The molecule has 1 aromatic heterocycles. The molecule has 1 amide bonds. The number of thiophene rings is 1. The number of carbonyl (C=O) groups excluding carboxylic acids is 1. The summed E-state index contributed by atoms with van der Waals surface area (Å²) < 4.78 is 0. The van der Waals surface area contributed by atoms with Crippen LogP contribution in [0.15, 0.2) is 11.4 Å². The largest absolute Gasteiger partial charge is 0.342 e. The van der Waals surface area contributed by atoms with E-state index in [1.165, 1.54) is 10.4 Å². The van der Waals surface area contributed by atoms with Crippen molar-refractivity contribution in [1.29, 1.82) is 0 Å². The number of amides is 1. The predicted octanol–water partition coefficient (Wildman–Crippen LogP) is 2.54. The monoisotopic (exact) mass is 266 g/mol. The highest BCUT2D eigenvalue weighted by Gasteiger charge is 2.26. The molecule has 1 aromatic rings. The first-order valence-corrected chi connectivity index (χ1v) is 7.63. The van der Waals surface area contributed by atoms with Crippen LogP contribution in [0.3, 0.4) is 0 Å². The maximum atomic E-state index is 12.2. The summed E-state index contributed by atoms with van der Waals surface area (Å²) in [7, 11) is 0. The van der Waals surface area contributed by atoms with E-state index in [9.17, 15) is 4.79 Å². The predicted molar refractivity (Wildman–Crippen MR) is 75.9 cm³/mol. The molecule has 100 valence electrons. The zero-order valence-corrected chi connectivity index (χ0v) is 12.3. The fourth-order valence-corrected chi connectivity index (χ4v) is 3.59. The van der Waals surface area contributed by atoms with Crippen molar-refractivity contribution in [3.05, 3.63) is 21.9 Å². The average Bonchev–Trinajstić information content (AvgIpc) is 2.83. The Balaban J connectivity index is 2.02. The van der Waals surface area contributed by atoms with Gasteiger partial charge in [-0.1, -0.05) is 0 Å². The van der Waals surface area contributed by atoms with Crippen LogP contribution in [0, 0.1) is 0 Å². The molecule has 0 aromatic carbocycles. The van der Waals surface area contributed by atoms with Gasteiger partial charge in [-0.15, -0.1) is 11.3 Å². The van der Waals surface area contributed by atoms with Crippen LogP contribution in [0.5, 0.6) is 0 Å². The first-order chi connectivity index (χ1) is 8.67. The van der Waals surface area contributed by atoms with Crippen LogP contribution in [0.4, 0.5) is 0 Å². The second-order valence-electron chi connectivity index (χ2n) is 4.76. The van der Waals surface area contributed by atoms with E-state index in [-0.39, 0.29) is 5.91 Å².